The lowest BCUT2D eigenvalue weighted by Gasteiger charge is -2.23. The molecule has 1 fully saturated rings. The maximum atomic E-state index is 11.9. The molecular weight excluding hydrogens is 250 g/mol. The van der Waals surface area contributed by atoms with Gasteiger partial charge < -0.3 is 20.2 Å². The molecule has 0 aromatic heterocycles. The zero-order valence-corrected chi connectivity index (χ0v) is 11.4. The fourth-order valence-electron chi connectivity index (χ4n) is 2.12. The molecule has 7 nitrogen and oxygen atoms in total. The number of nitrogens with zero attached hydrogens (tertiary/aromatic N) is 2. The SMILES string of the molecule is CN(C)C(=O)CCNC(=O)N1CCCC1CC(=O)O. The number of carboxylic acid groups (broad SMARTS) is 1. The van der Waals surface area contributed by atoms with Gasteiger partial charge in [-0.2, -0.15) is 0 Å². The third-order valence-electron chi connectivity index (χ3n) is 3.16. The van der Waals surface area contributed by atoms with Gasteiger partial charge in [0.05, 0.1) is 6.42 Å². The van der Waals surface area contributed by atoms with Crippen molar-refractivity contribution in [1.82, 2.24) is 15.1 Å². The number of hydrogen-bond acceptors (Lipinski definition) is 3. The Bertz CT molecular complexity index is 357. The molecule has 1 rings (SSSR count). The van der Waals surface area contributed by atoms with Gasteiger partial charge in [-0.1, -0.05) is 0 Å². The van der Waals surface area contributed by atoms with E-state index < -0.39 is 5.97 Å². The van der Waals surface area contributed by atoms with Crippen LogP contribution in [-0.4, -0.2) is 66.0 Å². The second kappa shape index (κ2) is 6.96. The van der Waals surface area contributed by atoms with E-state index in [1.807, 2.05) is 0 Å². The van der Waals surface area contributed by atoms with E-state index in [0.717, 1.165) is 12.8 Å². The first-order valence-electron chi connectivity index (χ1n) is 6.38. The van der Waals surface area contributed by atoms with E-state index in [0.29, 0.717) is 6.54 Å². The molecule has 7 heteroatoms. The van der Waals surface area contributed by atoms with Crippen LogP contribution in [0.4, 0.5) is 4.79 Å². The van der Waals surface area contributed by atoms with Crippen LogP contribution in [0.1, 0.15) is 25.7 Å². The summed E-state index contributed by atoms with van der Waals surface area (Å²) in [6, 6.07) is -0.516. The molecule has 1 aliphatic heterocycles. The second-order valence-electron chi connectivity index (χ2n) is 4.86. The first-order valence-corrected chi connectivity index (χ1v) is 6.38. The molecule has 0 bridgehead atoms. The third kappa shape index (κ3) is 4.76. The van der Waals surface area contributed by atoms with Crippen LogP contribution in [0.25, 0.3) is 0 Å². The summed E-state index contributed by atoms with van der Waals surface area (Å²) in [5.41, 5.74) is 0. The molecule has 2 N–H and O–H groups in total. The van der Waals surface area contributed by atoms with E-state index in [1.165, 1.54) is 4.90 Å². The molecular formula is C12H21N3O4. The number of hydrogen-bond donors (Lipinski definition) is 2. The Kier molecular flexibility index (Phi) is 5.59. The molecule has 1 atom stereocenters. The number of rotatable bonds is 5. The van der Waals surface area contributed by atoms with Crippen molar-refractivity contribution >= 4 is 17.9 Å². The zero-order chi connectivity index (χ0) is 14.4. The smallest absolute Gasteiger partial charge is 0.317 e. The van der Waals surface area contributed by atoms with Crippen LogP contribution in [0, 0.1) is 0 Å². The predicted octanol–water partition coefficient (Wildman–Crippen LogP) is 0.113. The highest BCUT2D eigenvalue weighted by Crippen LogP contribution is 2.19. The Morgan fingerprint density at radius 3 is 2.63 bits per heavy atom. The predicted molar refractivity (Wildman–Crippen MR) is 68.7 cm³/mol. The molecule has 3 amide bonds. The average Bonchev–Trinajstić information content (AvgIpc) is 2.75. The van der Waals surface area contributed by atoms with Crippen LogP contribution in [0.5, 0.6) is 0 Å². The van der Waals surface area contributed by atoms with Crippen molar-refractivity contribution in [1.29, 1.82) is 0 Å². The topological polar surface area (TPSA) is 90.0 Å². The van der Waals surface area contributed by atoms with Crippen molar-refractivity contribution in [2.24, 2.45) is 0 Å². The van der Waals surface area contributed by atoms with Crippen molar-refractivity contribution in [2.45, 2.75) is 31.7 Å². The Morgan fingerprint density at radius 1 is 1.37 bits per heavy atom. The summed E-state index contributed by atoms with van der Waals surface area (Å²) < 4.78 is 0. The second-order valence-corrected chi connectivity index (χ2v) is 4.86. The maximum absolute atomic E-state index is 11.9. The summed E-state index contributed by atoms with van der Waals surface area (Å²) in [5.74, 6) is -0.948. The van der Waals surface area contributed by atoms with Crippen LogP contribution in [0.3, 0.4) is 0 Å². The van der Waals surface area contributed by atoms with E-state index >= 15 is 0 Å². The van der Waals surface area contributed by atoms with Crippen molar-refractivity contribution in [3.63, 3.8) is 0 Å². The van der Waals surface area contributed by atoms with Gasteiger partial charge in [0.2, 0.25) is 5.91 Å². The largest absolute Gasteiger partial charge is 0.481 e. The highest BCUT2D eigenvalue weighted by atomic mass is 16.4. The Morgan fingerprint density at radius 2 is 2.05 bits per heavy atom. The van der Waals surface area contributed by atoms with E-state index in [9.17, 15) is 14.4 Å². The number of carbonyl (C=O) groups excluding carboxylic acids is 2. The number of nitrogens with one attached hydrogen (secondary N) is 1. The molecule has 1 unspecified atom stereocenters. The monoisotopic (exact) mass is 271 g/mol. The molecule has 0 spiro atoms. The fourth-order valence-corrected chi connectivity index (χ4v) is 2.12. The van der Waals surface area contributed by atoms with Gasteiger partial charge in [-0.25, -0.2) is 4.79 Å². The quantitative estimate of drug-likeness (QED) is 0.743. The van der Waals surface area contributed by atoms with E-state index in [4.69, 9.17) is 5.11 Å². The molecule has 0 saturated carbocycles. The van der Waals surface area contributed by atoms with Crippen molar-refractivity contribution < 1.29 is 19.5 Å². The van der Waals surface area contributed by atoms with Gasteiger partial charge in [0.15, 0.2) is 0 Å². The number of amides is 3. The van der Waals surface area contributed by atoms with Gasteiger partial charge in [0, 0.05) is 39.6 Å². The van der Waals surface area contributed by atoms with Crippen LogP contribution in [0.15, 0.2) is 0 Å². The van der Waals surface area contributed by atoms with Crippen molar-refractivity contribution in [3.05, 3.63) is 0 Å². The first-order chi connectivity index (χ1) is 8.91. The van der Waals surface area contributed by atoms with Crippen molar-refractivity contribution in [3.8, 4) is 0 Å². The van der Waals surface area contributed by atoms with E-state index in [-0.39, 0.29) is 37.4 Å². The van der Waals surface area contributed by atoms with Gasteiger partial charge in [0.25, 0.3) is 0 Å². The standard InChI is InChI=1S/C12H21N3O4/c1-14(2)10(16)5-6-13-12(19)15-7-3-4-9(15)8-11(17)18/h9H,3-8H2,1-2H3,(H,13,19)(H,17,18). The van der Waals surface area contributed by atoms with E-state index in [1.54, 1.807) is 19.0 Å². The number of carboxylic acids is 1. The van der Waals surface area contributed by atoms with Gasteiger partial charge in [-0.05, 0) is 12.8 Å². The normalized spacial score (nSPS) is 18.2. The number of urea groups is 1. The van der Waals surface area contributed by atoms with Crippen LogP contribution in [0.2, 0.25) is 0 Å². The lowest BCUT2D eigenvalue weighted by molar-refractivity contribution is -0.138. The van der Waals surface area contributed by atoms with Gasteiger partial charge >= 0.3 is 12.0 Å². The Balaban J connectivity index is 2.36. The number of carbonyl (C=O) groups is 3. The molecule has 1 heterocycles. The minimum absolute atomic E-state index is 0.0238. The molecule has 0 aliphatic carbocycles. The summed E-state index contributed by atoms with van der Waals surface area (Å²) in [4.78, 5) is 36.9. The number of likely N-dealkylation sites (tertiary alicyclic amines) is 1. The highest BCUT2D eigenvalue weighted by Gasteiger charge is 2.30. The van der Waals surface area contributed by atoms with Gasteiger partial charge in [-0.15, -0.1) is 0 Å². The first kappa shape index (κ1) is 15.3. The molecule has 0 aromatic rings. The Hall–Kier alpha value is -1.79. The minimum Gasteiger partial charge on any atom is -0.481 e. The van der Waals surface area contributed by atoms with Crippen molar-refractivity contribution in [2.75, 3.05) is 27.2 Å². The Labute approximate surface area is 112 Å². The fraction of sp³-hybridized carbons (Fsp3) is 0.750. The molecule has 0 radical (unpaired) electrons. The van der Waals surface area contributed by atoms with Crippen LogP contribution < -0.4 is 5.32 Å². The number of aliphatic carboxylic acids is 1. The summed E-state index contributed by atoms with van der Waals surface area (Å²) >= 11 is 0. The lowest BCUT2D eigenvalue weighted by atomic mass is 10.1. The molecule has 108 valence electrons. The van der Waals surface area contributed by atoms with E-state index in [2.05, 4.69) is 5.32 Å². The van der Waals surface area contributed by atoms with Crippen LogP contribution >= 0.6 is 0 Å². The summed E-state index contributed by atoms with van der Waals surface area (Å²) in [7, 11) is 3.32. The average molecular weight is 271 g/mol. The summed E-state index contributed by atoms with van der Waals surface area (Å²) in [6.45, 7) is 0.845. The minimum atomic E-state index is -0.896. The maximum Gasteiger partial charge on any atom is 0.317 e. The zero-order valence-electron chi connectivity index (χ0n) is 11.4. The summed E-state index contributed by atoms with van der Waals surface area (Å²) in [5, 5.41) is 11.4. The van der Waals surface area contributed by atoms with Gasteiger partial charge in [0.1, 0.15) is 0 Å². The lowest BCUT2D eigenvalue weighted by Crippen LogP contribution is -2.44. The molecule has 19 heavy (non-hydrogen) atoms. The highest BCUT2D eigenvalue weighted by molar-refractivity contribution is 5.78. The molecule has 1 aliphatic rings. The third-order valence-corrected chi connectivity index (χ3v) is 3.16. The van der Waals surface area contributed by atoms with Crippen LogP contribution in [-0.2, 0) is 9.59 Å². The van der Waals surface area contributed by atoms with Gasteiger partial charge in [-0.3, -0.25) is 9.59 Å². The molecule has 1 saturated heterocycles. The molecule has 0 aromatic carbocycles. The summed E-state index contributed by atoms with van der Waals surface area (Å²) in [6.07, 6.45) is 1.76.